The summed E-state index contributed by atoms with van der Waals surface area (Å²) in [6.45, 7) is 17.3. The molecule has 0 saturated heterocycles. The Morgan fingerprint density at radius 2 is 0.806 bits per heavy atom. The second-order valence-corrected chi connectivity index (χ2v) is 16.3. The van der Waals surface area contributed by atoms with Gasteiger partial charge in [0, 0.05) is 49.5 Å². The molecule has 11 aromatic rings. The van der Waals surface area contributed by atoms with Crippen LogP contribution >= 0.6 is 0 Å². The number of hydrogen-bond acceptors (Lipinski definition) is 3. The van der Waals surface area contributed by atoms with Crippen LogP contribution in [0.4, 0.5) is 5.69 Å². The minimum Gasteiger partial charge on any atom is -0.310 e. The van der Waals surface area contributed by atoms with Gasteiger partial charge in [-0.1, -0.05) is 119 Å². The van der Waals surface area contributed by atoms with E-state index in [1.807, 2.05) is 72.8 Å². The van der Waals surface area contributed by atoms with Crippen molar-refractivity contribution in [2.75, 3.05) is 0 Å². The third-order valence-corrected chi connectivity index (χ3v) is 12.0. The van der Waals surface area contributed by atoms with Crippen molar-refractivity contribution in [1.29, 1.82) is 0 Å². The first-order valence-corrected chi connectivity index (χ1v) is 20.9. The van der Waals surface area contributed by atoms with Gasteiger partial charge in [-0.3, -0.25) is 0 Å². The van der Waals surface area contributed by atoms with Gasteiger partial charge < -0.3 is 9.13 Å². The molecule has 6 heteroatoms. The molecule has 11 rings (SSSR count). The molecule has 3 heterocycles. The van der Waals surface area contributed by atoms with E-state index in [9.17, 15) is 0 Å². The second kappa shape index (κ2) is 14.5. The van der Waals surface area contributed by atoms with Crippen molar-refractivity contribution in [3.63, 3.8) is 0 Å². The average molecular weight is 797 g/mol. The molecule has 0 radical (unpaired) electrons. The lowest BCUT2D eigenvalue weighted by Crippen LogP contribution is -2.04. The third kappa shape index (κ3) is 6.05. The van der Waals surface area contributed by atoms with Gasteiger partial charge in [0.15, 0.2) is 23.2 Å². The van der Waals surface area contributed by atoms with Gasteiger partial charge in [-0.2, -0.15) is 0 Å². The summed E-state index contributed by atoms with van der Waals surface area (Å²) in [6.07, 6.45) is 0. The van der Waals surface area contributed by atoms with Crippen LogP contribution in [-0.2, 0) is 0 Å². The van der Waals surface area contributed by atoms with Gasteiger partial charge in [-0.05, 0) is 106 Å². The minimum atomic E-state index is 0.545. The Kier molecular flexibility index (Phi) is 8.66. The number of rotatable bonds is 6. The van der Waals surface area contributed by atoms with Gasteiger partial charge in [-0.15, -0.1) is 0 Å². The molecule has 0 amide bonds. The highest BCUT2D eigenvalue weighted by Crippen LogP contribution is 2.46. The topological polar surface area (TPSA) is 52.9 Å². The van der Waals surface area contributed by atoms with Crippen LogP contribution < -0.4 is 0 Å². The quantitative estimate of drug-likeness (QED) is 0.158. The predicted molar refractivity (Wildman–Crippen MR) is 255 cm³/mol. The zero-order chi connectivity index (χ0) is 42.1. The zero-order valence-electron chi connectivity index (χ0n) is 34.8. The number of hydrogen-bond donors (Lipinski definition) is 0. The van der Waals surface area contributed by atoms with Gasteiger partial charge >= 0.3 is 0 Å². The van der Waals surface area contributed by atoms with Crippen molar-refractivity contribution < 1.29 is 0 Å². The van der Waals surface area contributed by atoms with Crippen molar-refractivity contribution in [2.45, 2.75) is 27.7 Å². The lowest BCUT2D eigenvalue weighted by Gasteiger charge is -2.21. The van der Waals surface area contributed by atoms with Crippen LogP contribution in [0.3, 0.4) is 0 Å². The van der Waals surface area contributed by atoms with Crippen LogP contribution in [0.1, 0.15) is 22.3 Å². The molecule has 0 bridgehead atoms. The van der Waals surface area contributed by atoms with E-state index >= 15 is 0 Å². The molecule has 0 unspecified atom stereocenters. The molecular formula is C56H40N6. The lowest BCUT2D eigenvalue weighted by atomic mass is 9.96. The van der Waals surface area contributed by atoms with Crippen LogP contribution in [0.15, 0.2) is 170 Å². The summed E-state index contributed by atoms with van der Waals surface area (Å²) in [4.78, 5) is 19.6. The summed E-state index contributed by atoms with van der Waals surface area (Å²) in [7, 11) is 0. The minimum absolute atomic E-state index is 0.545. The summed E-state index contributed by atoms with van der Waals surface area (Å²) in [5.41, 5.74) is 15.9. The predicted octanol–water partition coefficient (Wildman–Crippen LogP) is 14.5. The highest BCUT2D eigenvalue weighted by Gasteiger charge is 2.24. The van der Waals surface area contributed by atoms with E-state index in [1.165, 1.54) is 43.8 Å². The van der Waals surface area contributed by atoms with Crippen molar-refractivity contribution in [3.05, 3.63) is 204 Å². The molecule has 0 fully saturated rings. The standard InChI is InChI=1S/C56H40N6/c1-34-19-24-47-41(29-34)42-30-35(2)20-25-48(42)61(47)51-28-23-40(56-59-54(38-13-8-6-9-14-38)58-55(60-56)39-15-10-7-11-16-39)33-45(51)53-46(57-5)17-12-18-52(53)62-49-26-21-36(3)31-43(49)44-32-37(4)22-27-50(44)62/h6-33H,1-4H3. The highest BCUT2D eigenvalue weighted by atomic mass is 15.0. The van der Waals surface area contributed by atoms with Crippen LogP contribution in [0.2, 0.25) is 0 Å². The number of fused-ring (bicyclic) bond motifs is 6. The van der Waals surface area contributed by atoms with Crippen LogP contribution in [0, 0.1) is 34.3 Å². The van der Waals surface area contributed by atoms with E-state index in [0.29, 0.717) is 23.2 Å². The summed E-state index contributed by atoms with van der Waals surface area (Å²) in [6, 6.07) is 59.4. The second-order valence-electron chi connectivity index (χ2n) is 16.3. The van der Waals surface area contributed by atoms with E-state index in [2.05, 4.69) is 139 Å². The maximum Gasteiger partial charge on any atom is 0.197 e. The highest BCUT2D eigenvalue weighted by molar-refractivity contribution is 6.12. The first-order chi connectivity index (χ1) is 30.3. The molecule has 0 atom stereocenters. The SMILES string of the molecule is [C-]#[N+]c1cccc(-n2c3ccc(C)cc3c3cc(C)ccc32)c1-c1cc(-c2nc(-c3ccccc3)nc(-c3ccccc3)n2)ccc1-n1c2ccc(C)cc2c2cc(C)ccc21. The summed E-state index contributed by atoms with van der Waals surface area (Å²) >= 11 is 0. The molecule has 0 saturated carbocycles. The molecule has 0 aliphatic heterocycles. The van der Waals surface area contributed by atoms with Crippen LogP contribution in [-0.4, -0.2) is 24.1 Å². The van der Waals surface area contributed by atoms with E-state index in [0.717, 1.165) is 61.3 Å². The Bertz CT molecular complexity index is 3450. The first kappa shape index (κ1) is 36.9. The fourth-order valence-electron chi connectivity index (χ4n) is 9.11. The third-order valence-electron chi connectivity index (χ3n) is 12.0. The number of benzene rings is 8. The fraction of sp³-hybridized carbons (Fsp3) is 0.0714. The molecule has 0 spiro atoms. The average Bonchev–Trinajstić information content (AvgIpc) is 3.79. The lowest BCUT2D eigenvalue weighted by molar-refractivity contribution is 1.07. The van der Waals surface area contributed by atoms with E-state index in [-0.39, 0.29) is 0 Å². The van der Waals surface area contributed by atoms with Crippen molar-refractivity contribution >= 4 is 49.3 Å². The monoisotopic (exact) mass is 796 g/mol. The zero-order valence-corrected chi connectivity index (χ0v) is 34.8. The summed E-state index contributed by atoms with van der Waals surface area (Å²) in [5.74, 6) is 1.72. The number of aryl methyl sites for hydroxylation is 4. The van der Waals surface area contributed by atoms with Crippen LogP contribution in [0.5, 0.6) is 0 Å². The van der Waals surface area contributed by atoms with Gasteiger partial charge in [0.05, 0.1) is 34.3 Å². The Morgan fingerprint density at radius 1 is 0.387 bits per heavy atom. The van der Waals surface area contributed by atoms with Crippen LogP contribution in [0.25, 0.3) is 105 Å². The van der Waals surface area contributed by atoms with Crippen molar-refractivity contribution in [3.8, 4) is 56.7 Å². The normalized spacial score (nSPS) is 11.5. The fourth-order valence-corrected chi connectivity index (χ4v) is 9.11. The summed E-state index contributed by atoms with van der Waals surface area (Å²) in [5, 5.41) is 4.72. The van der Waals surface area contributed by atoms with Crippen molar-refractivity contribution in [1.82, 2.24) is 24.1 Å². The van der Waals surface area contributed by atoms with Gasteiger partial charge in [-0.25, -0.2) is 19.8 Å². The Labute approximate surface area is 359 Å². The van der Waals surface area contributed by atoms with E-state index in [4.69, 9.17) is 21.5 Å². The molecule has 62 heavy (non-hydrogen) atoms. The molecule has 0 aliphatic rings. The van der Waals surface area contributed by atoms with Crippen molar-refractivity contribution in [2.24, 2.45) is 0 Å². The van der Waals surface area contributed by atoms with Gasteiger partial charge in [0.25, 0.3) is 0 Å². The maximum absolute atomic E-state index is 8.73. The smallest absolute Gasteiger partial charge is 0.197 e. The Morgan fingerprint density at radius 3 is 1.24 bits per heavy atom. The van der Waals surface area contributed by atoms with Gasteiger partial charge in [0.1, 0.15) is 0 Å². The molecule has 3 aromatic heterocycles. The maximum atomic E-state index is 8.73. The molecule has 8 aromatic carbocycles. The van der Waals surface area contributed by atoms with E-state index in [1.54, 1.807) is 0 Å². The van der Waals surface area contributed by atoms with E-state index < -0.39 is 0 Å². The first-order valence-electron chi connectivity index (χ1n) is 20.9. The Balaban J connectivity index is 1.27. The summed E-state index contributed by atoms with van der Waals surface area (Å²) < 4.78 is 4.70. The number of nitrogens with zero attached hydrogens (tertiary/aromatic N) is 6. The Hall–Kier alpha value is -8.14. The largest absolute Gasteiger partial charge is 0.310 e. The molecule has 294 valence electrons. The molecular weight excluding hydrogens is 757 g/mol. The molecule has 0 aliphatic carbocycles. The molecule has 0 N–H and O–H groups in total. The van der Waals surface area contributed by atoms with Gasteiger partial charge in [0.2, 0.25) is 0 Å². The molecule has 6 nitrogen and oxygen atoms in total. The number of aromatic nitrogens is 5.